The van der Waals surface area contributed by atoms with Crippen LogP contribution >= 0.6 is 0 Å². The second-order valence-electron chi connectivity index (χ2n) is 4.68. The summed E-state index contributed by atoms with van der Waals surface area (Å²) in [7, 11) is 0. The largest absolute Gasteiger partial charge is 0.406 e. The molecule has 1 unspecified atom stereocenters. The number of nitrogens with one attached hydrogen (secondary N) is 2. The van der Waals surface area contributed by atoms with Gasteiger partial charge in [0, 0.05) is 6.54 Å². The van der Waals surface area contributed by atoms with Gasteiger partial charge in [-0.15, -0.1) is 5.10 Å². The molecule has 5 heteroatoms. The highest BCUT2D eigenvalue weighted by Crippen LogP contribution is 2.15. The van der Waals surface area contributed by atoms with Gasteiger partial charge >= 0.3 is 6.01 Å². The molecule has 5 nitrogen and oxygen atoms in total. The molecule has 18 heavy (non-hydrogen) atoms. The van der Waals surface area contributed by atoms with E-state index in [4.69, 9.17) is 4.42 Å². The Balaban J connectivity index is 2.42. The first-order valence-corrected chi connectivity index (χ1v) is 7.01. The summed E-state index contributed by atoms with van der Waals surface area (Å²) in [5, 5.41) is 14.6. The second kappa shape index (κ2) is 8.08. The van der Waals surface area contributed by atoms with Crippen molar-refractivity contribution in [3.8, 4) is 0 Å². The van der Waals surface area contributed by atoms with Crippen LogP contribution < -0.4 is 10.6 Å². The Kier molecular flexibility index (Phi) is 6.72. The van der Waals surface area contributed by atoms with E-state index in [-0.39, 0.29) is 6.04 Å². The fourth-order valence-electron chi connectivity index (χ4n) is 1.74. The molecule has 104 valence electrons. The van der Waals surface area contributed by atoms with E-state index < -0.39 is 0 Å². The van der Waals surface area contributed by atoms with E-state index in [2.05, 4.69) is 41.6 Å². The third-order valence-electron chi connectivity index (χ3n) is 3.21. The Hall–Kier alpha value is -1.10. The van der Waals surface area contributed by atoms with Crippen LogP contribution in [0.1, 0.15) is 58.9 Å². The van der Waals surface area contributed by atoms with Crippen LogP contribution in [0, 0.1) is 5.92 Å². The minimum absolute atomic E-state index is 0.112. The van der Waals surface area contributed by atoms with Gasteiger partial charge in [-0.2, -0.15) is 0 Å². The number of anilines is 1. The first-order chi connectivity index (χ1) is 8.71. The molecule has 0 aliphatic carbocycles. The van der Waals surface area contributed by atoms with Crippen LogP contribution in [-0.2, 0) is 0 Å². The molecular weight excluding hydrogens is 228 g/mol. The Morgan fingerprint density at radius 2 is 1.89 bits per heavy atom. The van der Waals surface area contributed by atoms with Crippen molar-refractivity contribution in [2.75, 3.05) is 18.4 Å². The molecule has 0 aromatic carbocycles. The molecule has 0 radical (unpaired) electrons. The molecule has 0 bridgehead atoms. The van der Waals surface area contributed by atoms with E-state index >= 15 is 0 Å². The minimum Gasteiger partial charge on any atom is -0.406 e. The molecule has 0 spiro atoms. The third-order valence-corrected chi connectivity index (χ3v) is 3.21. The first kappa shape index (κ1) is 15.0. The predicted octanol–water partition coefficient (Wildman–Crippen LogP) is 2.98. The number of nitrogens with zero attached hydrogens (tertiary/aromatic N) is 2. The highest BCUT2D eigenvalue weighted by molar-refractivity contribution is 5.17. The smallest absolute Gasteiger partial charge is 0.315 e. The van der Waals surface area contributed by atoms with E-state index in [0.29, 0.717) is 17.8 Å². The van der Waals surface area contributed by atoms with Crippen LogP contribution in [0.3, 0.4) is 0 Å². The number of hydrogen-bond donors (Lipinski definition) is 2. The Morgan fingerprint density at radius 1 is 1.17 bits per heavy atom. The van der Waals surface area contributed by atoms with Crippen molar-refractivity contribution < 1.29 is 4.42 Å². The Morgan fingerprint density at radius 3 is 2.50 bits per heavy atom. The molecule has 1 aromatic heterocycles. The topological polar surface area (TPSA) is 63.0 Å². The van der Waals surface area contributed by atoms with Gasteiger partial charge in [0.25, 0.3) is 0 Å². The Labute approximate surface area is 110 Å². The standard InChI is InChI=1S/C13H26N4O/c1-5-8-14-10(4)12-16-17-13(18-12)15-9-11(6-2)7-3/h10-11,14H,5-9H2,1-4H3,(H,15,17). The van der Waals surface area contributed by atoms with Crippen LogP contribution in [0.15, 0.2) is 4.42 Å². The van der Waals surface area contributed by atoms with Crippen molar-refractivity contribution in [3.05, 3.63) is 5.89 Å². The summed E-state index contributed by atoms with van der Waals surface area (Å²) in [6, 6.07) is 0.642. The maximum atomic E-state index is 5.59. The minimum atomic E-state index is 0.112. The summed E-state index contributed by atoms with van der Waals surface area (Å²) in [4.78, 5) is 0. The number of rotatable bonds is 9. The monoisotopic (exact) mass is 254 g/mol. The maximum absolute atomic E-state index is 5.59. The van der Waals surface area contributed by atoms with Crippen LogP contribution in [0.4, 0.5) is 6.01 Å². The van der Waals surface area contributed by atoms with Gasteiger partial charge in [0.05, 0.1) is 6.04 Å². The molecule has 1 aromatic rings. The summed E-state index contributed by atoms with van der Waals surface area (Å²) in [6.45, 7) is 10.4. The molecule has 0 aliphatic heterocycles. The fraction of sp³-hybridized carbons (Fsp3) is 0.846. The molecule has 1 heterocycles. The molecule has 0 saturated heterocycles. The first-order valence-electron chi connectivity index (χ1n) is 7.01. The average molecular weight is 254 g/mol. The third kappa shape index (κ3) is 4.64. The van der Waals surface area contributed by atoms with Gasteiger partial charge in [-0.25, -0.2) is 0 Å². The van der Waals surface area contributed by atoms with E-state index in [1.54, 1.807) is 0 Å². The van der Waals surface area contributed by atoms with Gasteiger partial charge in [0.2, 0.25) is 5.89 Å². The zero-order valence-electron chi connectivity index (χ0n) is 12.0. The van der Waals surface area contributed by atoms with E-state index in [0.717, 1.165) is 19.5 Å². The summed E-state index contributed by atoms with van der Waals surface area (Å²) in [6.07, 6.45) is 3.43. The van der Waals surface area contributed by atoms with Gasteiger partial charge in [-0.05, 0) is 25.8 Å². The van der Waals surface area contributed by atoms with Crippen molar-refractivity contribution in [2.45, 2.75) is 53.0 Å². The van der Waals surface area contributed by atoms with Crippen molar-refractivity contribution in [1.29, 1.82) is 0 Å². The molecule has 0 aliphatic rings. The maximum Gasteiger partial charge on any atom is 0.315 e. The zero-order chi connectivity index (χ0) is 13.4. The SMILES string of the molecule is CCCNC(C)c1nnc(NCC(CC)CC)o1. The fourth-order valence-corrected chi connectivity index (χ4v) is 1.74. The molecule has 1 atom stereocenters. The van der Waals surface area contributed by atoms with E-state index in [9.17, 15) is 0 Å². The van der Waals surface area contributed by atoms with Crippen LogP contribution in [-0.4, -0.2) is 23.3 Å². The molecule has 0 fully saturated rings. The molecular formula is C13H26N4O. The van der Waals surface area contributed by atoms with Crippen LogP contribution in [0.2, 0.25) is 0 Å². The van der Waals surface area contributed by atoms with E-state index in [1.165, 1.54) is 12.8 Å². The van der Waals surface area contributed by atoms with Crippen molar-refractivity contribution in [2.24, 2.45) is 5.92 Å². The summed E-state index contributed by atoms with van der Waals surface area (Å²) < 4.78 is 5.59. The van der Waals surface area contributed by atoms with Crippen LogP contribution in [0.25, 0.3) is 0 Å². The molecule has 2 N–H and O–H groups in total. The van der Waals surface area contributed by atoms with Crippen molar-refractivity contribution in [1.82, 2.24) is 15.5 Å². The van der Waals surface area contributed by atoms with Gasteiger partial charge in [0.1, 0.15) is 0 Å². The molecule has 1 rings (SSSR count). The van der Waals surface area contributed by atoms with Crippen molar-refractivity contribution in [3.63, 3.8) is 0 Å². The molecule has 0 saturated carbocycles. The van der Waals surface area contributed by atoms with Gasteiger partial charge in [0.15, 0.2) is 0 Å². The molecule has 0 amide bonds. The van der Waals surface area contributed by atoms with Crippen LogP contribution in [0.5, 0.6) is 0 Å². The van der Waals surface area contributed by atoms with Gasteiger partial charge in [-0.1, -0.05) is 38.7 Å². The van der Waals surface area contributed by atoms with E-state index in [1.807, 2.05) is 6.92 Å². The summed E-state index contributed by atoms with van der Waals surface area (Å²) in [5.74, 6) is 1.31. The Bertz CT molecular complexity index is 323. The quantitative estimate of drug-likeness (QED) is 0.709. The summed E-state index contributed by atoms with van der Waals surface area (Å²) in [5.41, 5.74) is 0. The summed E-state index contributed by atoms with van der Waals surface area (Å²) >= 11 is 0. The normalized spacial score (nSPS) is 12.9. The second-order valence-corrected chi connectivity index (χ2v) is 4.68. The average Bonchev–Trinajstić information content (AvgIpc) is 2.86. The lowest BCUT2D eigenvalue weighted by atomic mass is 10.0. The van der Waals surface area contributed by atoms with Gasteiger partial charge < -0.3 is 15.1 Å². The van der Waals surface area contributed by atoms with Crippen molar-refractivity contribution >= 4 is 6.01 Å². The lowest BCUT2D eigenvalue weighted by molar-refractivity contribution is 0.419. The lowest BCUT2D eigenvalue weighted by Crippen LogP contribution is -2.19. The predicted molar refractivity (Wildman–Crippen MR) is 73.6 cm³/mol. The van der Waals surface area contributed by atoms with Gasteiger partial charge in [-0.3, -0.25) is 0 Å². The highest BCUT2D eigenvalue weighted by Gasteiger charge is 2.13. The number of hydrogen-bond acceptors (Lipinski definition) is 5. The number of aromatic nitrogens is 2. The zero-order valence-corrected chi connectivity index (χ0v) is 12.0. The lowest BCUT2D eigenvalue weighted by Gasteiger charge is -2.11. The highest BCUT2D eigenvalue weighted by atomic mass is 16.4.